The van der Waals surface area contributed by atoms with E-state index in [0.717, 1.165) is 24.9 Å². The molecule has 2 nitrogen and oxygen atoms in total. The molecule has 0 spiro atoms. The Hall–Kier alpha value is -0.952. The van der Waals surface area contributed by atoms with E-state index in [1.807, 2.05) is 24.3 Å². The third-order valence-electron chi connectivity index (χ3n) is 5.07. The summed E-state index contributed by atoms with van der Waals surface area (Å²) in [5.74, 6) is 1.63. The number of likely N-dealkylation sites (tertiary alicyclic amines) is 2. The normalized spacial score (nSPS) is 24.3. The van der Waals surface area contributed by atoms with Crippen LogP contribution < -0.4 is 0 Å². The molecular formula is C21H24N2Pt+2. The number of hydrogen-bond acceptors (Lipinski definition) is 2. The van der Waals surface area contributed by atoms with E-state index in [0.29, 0.717) is 0 Å². The van der Waals surface area contributed by atoms with Crippen LogP contribution in [-0.4, -0.2) is 36.0 Å². The van der Waals surface area contributed by atoms with Gasteiger partial charge < -0.3 is 9.80 Å². The summed E-state index contributed by atoms with van der Waals surface area (Å²) in [4.78, 5) is 5.27. The summed E-state index contributed by atoms with van der Waals surface area (Å²) in [6, 6.07) is 23.5. The van der Waals surface area contributed by atoms with Crippen LogP contribution in [0.15, 0.2) is 48.5 Å². The number of nitrogens with zero attached hydrogens (tertiary/aromatic N) is 2. The molecule has 0 N–H and O–H groups in total. The van der Waals surface area contributed by atoms with Crippen molar-refractivity contribution >= 4 is 0 Å². The summed E-state index contributed by atoms with van der Waals surface area (Å²) in [7, 11) is 0. The zero-order chi connectivity index (χ0) is 15.5. The van der Waals surface area contributed by atoms with E-state index in [1.165, 1.54) is 43.7 Å². The van der Waals surface area contributed by atoms with Crippen molar-refractivity contribution in [2.45, 2.75) is 19.5 Å². The minimum absolute atomic E-state index is 0. The smallest absolute Gasteiger partial charge is 0.301 e. The molecule has 2 saturated heterocycles. The van der Waals surface area contributed by atoms with Gasteiger partial charge in [-0.3, -0.25) is 0 Å². The Balaban J connectivity index is 0.00000169. The molecule has 2 fully saturated rings. The van der Waals surface area contributed by atoms with Crippen LogP contribution in [0.25, 0.3) is 0 Å². The molecule has 4 rings (SSSR count). The fraction of sp³-hybridized carbons (Fsp3) is 0.429. The molecule has 2 aliphatic rings. The summed E-state index contributed by atoms with van der Waals surface area (Å²) in [5.41, 5.74) is 2.64. The Bertz CT molecular complexity index is 549. The Labute approximate surface area is 160 Å². The molecule has 0 aliphatic carbocycles. The summed E-state index contributed by atoms with van der Waals surface area (Å²) < 4.78 is 0. The molecule has 0 radical (unpaired) electrons. The molecule has 2 bridgehead atoms. The van der Waals surface area contributed by atoms with Gasteiger partial charge in [-0.05, 0) is 18.3 Å². The molecule has 3 heteroatoms. The number of fused-ring (bicyclic) bond motifs is 2. The van der Waals surface area contributed by atoms with Crippen molar-refractivity contribution in [3.63, 3.8) is 0 Å². The van der Waals surface area contributed by atoms with Gasteiger partial charge in [0.25, 0.3) is 0 Å². The average Bonchev–Trinajstić information content (AvgIpc) is 2.56. The fourth-order valence-corrected chi connectivity index (χ4v) is 4.29. The van der Waals surface area contributed by atoms with Crippen molar-refractivity contribution in [1.82, 2.24) is 9.80 Å². The molecule has 0 atom stereocenters. The number of rotatable bonds is 4. The second-order valence-electron chi connectivity index (χ2n) is 7.13. The van der Waals surface area contributed by atoms with Gasteiger partial charge in [0.15, 0.2) is 0 Å². The van der Waals surface area contributed by atoms with Gasteiger partial charge in [0.05, 0.1) is 0 Å². The van der Waals surface area contributed by atoms with E-state index in [4.69, 9.17) is 0 Å². The minimum atomic E-state index is 0. The van der Waals surface area contributed by atoms with Gasteiger partial charge in [0, 0.05) is 39.3 Å². The second-order valence-corrected chi connectivity index (χ2v) is 7.13. The molecule has 0 unspecified atom stereocenters. The fourth-order valence-electron chi connectivity index (χ4n) is 4.29. The minimum Gasteiger partial charge on any atom is -0.301 e. The van der Waals surface area contributed by atoms with Crippen molar-refractivity contribution in [3.05, 3.63) is 71.8 Å². The van der Waals surface area contributed by atoms with E-state index in [-0.39, 0.29) is 21.1 Å². The van der Waals surface area contributed by atoms with Crippen molar-refractivity contribution in [2.75, 3.05) is 26.2 Å². The molecule has 0 saturated carbocycles. The van der Waals surface area contributed by atoms with E-state index in [1.54, 1.807) is 0 Å². The summed E-state index contributed by atoms with van der Waals surface area (Å²) in [6.45, 7) is 7.03. The molecule has 2 aromatic rings. The monoisotopic (exact) mass is 499 g/mol. The SMILES string of the molecule is [Pt+4].[c-]1ccccc1CN1CC2CC(C1)CN(Cc1[c-]cccc1)C2. The molecule has 0 amide bonds. The Morgan fingerprint density at radius 1 is 0.750 bits per heavy atom. The van der Waals surface area contributed by atoms with Crippen molar-refractivity contribution < 1.29 is 21.1 Å². The summed E-state index contributed by atoms with van der Waals surface area (Å²) in [6.07, 6.45) is 1.41. The predicted molar refractivity (Wildman–Crippen MR) is 92.7 cm³/mol. The number of hydrogen-bond donors (Lipinski definition) is 0. The van der Waals surface area contributed by atoms with Gasteiger partial charge in [-0.2, -0.15) is 60.7 Å². The first-order valence-electron chi connectivity index (χ1n) is 8.71. The zero-order valence-electron chi connectivity index (χ0n) is 13.9. The standard InChI is InChI=1S/C21H24N2.Pt/c1-3-7-18(8-4-1)12-22-14-20-11-21(15-22)17-23(16-20)13-19-9-5-2-6-10-19;/h1-7,9,20-21H,11-17H2;/q-2;+4. The molecule has 0 aromatic heterocycles. The van der Waals surface area contributed by atoms with Crippen LogP contribution >= 0.6 is 0 Å². The number of benzene rings is 2. The van der Waals surface area contributed by atoms with Crippen LogP contribution in [-0.2, 0) is 34.2 Å². The predicted octanol–water partition coefficient (Wildman–Crippen LogP) is 3.24. The number of piperidine rings is 2. The van der Waals surface area contributed by atoms with Gasteiger partial charge in [0.1, 0.15) is 0 Å². The second kappa shape index (κ2) is 8.43. The van der Waals surface area contributed by atoms with Gasteiger partial charge in [-0.1, -0.05) is 0 Å². The summed E-state index contributed by atoms with van der Waals surface area (Å²) in [5, 5.41) is 0. The van der Waals surface area contributed by atoms with Crippen LogP contribution in [0, 0.1) is 24.0 Å². The van der Waals surface area contributed by atoms with Crippen LogP contribution in [0.4, 0.5) is 0 Å². The molecule has 126 valence electrons. The Kier molecular flexibility index (Phi) is 6.27. The van der Waals surface area contributed by atoms with E-state index in [9.17, 15) is 0 Å². The van der Waals surface area contributed by atoms with Gasteiger partial charge in [-0.15, -0.1) is 11.1 Å². The molecule has 2 aromatic carbocycles. The van der Waals surface area contributed by atoms with Crippen LogP contribution in [0.5, 0.6) is 0 Å². The van der Waals surface area contributed by atoms with Crippen LogP contribution in [0.1, 0.15) is 17.5 Å². The van der Waals surface area contributed by atoms with Crippen LogP contribution in [0.2, 0.25) is 0 Å². The van der Waals surface area contributed by atoms with Crippen molar-refractivity contribution in [2.24, 2.45) is 11.8 Å². The maximum absolute atomic E-state index is 3.37. The first-order chi connectivity index (χ1) is 11.3. The first-order valence-corrected chi connectivity index (χ1v) is 8.71. The average molecular weight is 500 g/mol. The quantitative estimate of drug-likeness (QED) is 0.597. The Morgan fingerprint density at radius 2 is 1.21 bits per heavy atom. The van der Waals surface area contributed by atoms with E-state index >= 15 is 0 Å². The molecule has 24 heavy (non-hydrogen) atoms. The van der Waals surface area contributed by atoms with Crippen molar-refractivity contribution in [1.29, 1.82) is 0 Å². The third-order valence-corrected chi connectivity index (χ3v) is 5.07. The maximum Gasteiger partial charge on any atom is 4.00 e. The molecule has 2 aliphatic heterocycles. The van der Waals surface area contributed by atoms with Crippen molar-refractivity contribution in [3.8, 4) is 0 Å². The first kappa shape index (κ1) is 17.9. The van der Waals surface area contributed by atoms with Gasteiger partial charge in [-0.25, -0.2) is 0 Å². The van der Waals surface area contributed by atoms with Crippen LogP contribution in [0.3, 0.4) is 0 Å². The molecule has 2 heterocycles. The van der Waals surface area contributed by atoms with Gasteiger partial charge in [0.2, 0.25) is 0 Å². The summed E-state index contributed by atoms with van der Waals surface area (Å²) >= 11 is 0. The van der Waals surface area contributed by atoms with E-state index in [2.05, 4.69) is 46.2 Å². The third kappa shape index (κ3) is 4.57. The molecular weight excluding hydrogens is 475 g/mol. The van der Waals surface area contributed by atoms with Gasteiger partial charge >= 0.3 is 21.1 Å². The maximum atomic E-state index is 3.37. The topological polar surface area (TPSA) is 6.48 Å². The van der Waals surface area contributed by atoms with E-state index < -0.39 is 0 Å². The zero-order valence-corrected chi connectivity index (χ0v) is 16.2. The largest absolute Gasteiger partial charge is 4.00 e. The Morgan fingerprint density at radius 3 is 1.58 bits per heavy atom.